The first-order chi connectivity index (χ1) is 8.44. The predicted molar refractivity (Wildman–Crippen MR) is 72.0 cm³/mol. The second kappa shape index (κ2) is 5.00. The summed E-state index contributed by atoms with van der Waals surface area (Å²) >= 11 is 0. The molecule has 1 saturated carbocycles. The number of rotatable bonds is 2. The van der Waals surface area contributed by atoms with Crippen LogP contribution in [0.4, 0.5) is 4.39 Å². The Bertz CT molecular complexity index is 410. The van der Waals surface area contributed by atoms with Crippen molar-refractivity contribution in [2.24, 2.45) is 5.41 Å². The van der Waals surface area contributed by atoms with Crippen LogP contribution in [0.1, 0.15) is 61.8 Å². The molecule has 2 heteroatoms. The molecule has 1 atom stereocenters. The van der Waals surface area contributed by atoms with Gasteiger partial charge >= 0.3 is 0 Å². The van der Waals surface area contributed by atoms with E-state index in [1.165, 1.54) is 31.4 Å². The van der Waals surface area contributed by atoms with E-state index in [0.717, 1.165) is 29.5 Å². The van der Waals surface area contributed by atoms with Gasteiger partial charge in [0.05, 0.1) is 6.10 Å². The maximum Gasteiger partial charge on any atom is 0.123 e. The Kier molecular flexibility index (Phi) is 3.76. The van der Waals surface area contributed by atoms with Gasteiger partial charge in [-0.25, -0.2) is 4.39 Å². The molecule has 1 aliphatic rings. The van der Waals surface area contributed by atoms with Gasteiger partial charge in [0.25, 0.3) is 0 Å². The third-order valence-corrected chi connectivity index (χ3v) is 4.49. The van der Waals surface area contributed by atoms with E-state index in [1.54, 1.807) is 0 Å². The van der Waals surface area contributed by atoms with E-state index in [1.807, 2.05) is 13.8 Å². The maximum atomic E-state index is 13.3. The van der Waals surface area contributed by atoms with Crippen LogP contribution in [-0.2, 0) is 0 Å². The Hall–Kier alpha value is -0.890. The highest BCUT2D eigenvalue weighted by Gasteiger charge is 2.36. The molecule has 2 rings (SSSR count). The molecule has 1 unspecified atom stereocenters. The van der Waals surface area contributed by atoms with Gasteiger partial charge < -0.3 is 5.11 Å². The number of benzene rings is 1. The SMILES string of the molecule is Cc1cc(F)cc(C)c1C(O)C1(C)CCCCC1. The van der Waals surface area contributed by atoms with Crippen LogP contribution in [0.5, 0.6) is 0 Å². The summed E-state index contributed by atoms with van der Waals surface area (Å²) in [5.41, 5.74) is 2.62. The Morgan fingerprint density at radius 2 is 1.61 bits per heavy atom. The van der Waals surface area contributed by atoms with Crippen molar-refractivity contribution in [2.45, 2.75) is 59.0 Å². The van der Waals surface area contributed by atoms with Gasteiger partial charge in [-0.2, -0.15) is 0 Å². The number of halogens is 1. The fraction of sp³-hybridized carbons (Fsp3) is 0.625. The summed E-state index contributed by atoms with van der Waals surface area (Å²) in [7, 11) is 0. The minimum absolute atomic E-state index is 0.0500. The van der Waals surface area contributed by atoms with E-state index in [9.17, 15) is 9.50 Å². The molecule has 1 aromatic rings. The molecular formula is C16H23FO. The van der Waals surface area contributed by atoms with E-state index < -0.39 is 6.10 Å². The van der Waals surface area contributed by atoms with Crippen molar-refractivity contribution in [3.05, 3.63) is 34.6 Å². The van der Waals surface area contributed by atoms with Gasteiger partial charge in [-0.3, -0.25) is 0 Å². The molecule has 1 aromatic carbocycles. The van der Waals surface area contributed by atoms with Crippen LogP contribution in [-0.4, -0.2) is 5.11 Å². The minimum Gasteiger partial charge on any atom is -0.388 e. The molecule has 100 valence electrons. The lowest BCUT2D eigenvalue weighted by Crippen LogP contribution is -2.29. The average molecular weight is 250 g/mol. The second-order valence-corrected chi connectivity index (χ2v) is 6.07. The third kappa shape index (κ3) is 2.44. The first kappa shape index (κ1) is 13.5. The van der Waals surface area contributed by atoms with Crippen LogP contribution in [0, 0.1) is 25.1 Å². The van der Waals surface area contributed by atoms with Crippen LogP contribution in [0.25, 0.3) is 0 Å². The molecule has 0 aliphatic heterocycles. The molecule has 0 radical (unpaired) electrons. The summed E-state index contributed by atoms with van der Waals surface area (Å²) in [6, 6.07) is 3.05. The first-order valence-electron chi connectivity index (χ1n) is 6.89. The van der Waals surface area contributed by atoms with E-state index in [2.05, 4.69) is 6.92 Å². The van der Waals surface area contributed by atoms with Gasteiger partial charge in [0.1, 0.15) is 5.82 Å². The molecule has 1 fully saturated rings. The summed E-state index contributed by atoms with van der Waals surface area (Å²) in [6.45, 7) is 5.95. The lowest BCUT2D eigenvalue weighted by atomic mass is 9.69. The second-order valence-electron chi connectivity index (χ2n) is 6.07. The summed E-state index contributed by atoms with van der Waals surface area (Å²) in [5.74, 6) is -0.213. The molecule has 1 N–H and O–H groups in total. The van der Waals surface area contributed by atoms with Crippen LogP contribution in [0.2, 0.25) is 0 Å². The van der Waals surface area contributed by atoms with E-state index in [0.29, 0.717) is 0 Å². The average Bonchev–Trinajstić information content (AvgIpc) is 2.28. The zero-order valence-electron chi connectivity index (χ0n) is 11.6. The molecule has 18 heavy (non-hydrogen) atoms. The maximum absolute atomic E-state index is 13.3. The fourth-order valence-corrected chi connectivity index (χ4v) is 3.33. The highest BCUT2D eigenvalue weighted by atomic mass is 19.1. The zero-order valence-corrected chi connectivity index (χ0v) is 11.6. The van der Waals surface area contributed by atoms with Crippen molar-refractivity contribution in [3.8, 4) is 0 Å². The van der Waals surface area contributed by atoms with Gasteiger partial charge in [-0.15, -0.1) is 0 Å². The zero-order chi connectivity index (χ0) is 13.3. The topological polar surface area (TPSA) is 20.2 Å². The summed E-state index contributed by atoms with van der Waals surface area (Å²) in [6.07, 6.45) is 5.29. The molecule has 0 amide bonds. The van der Waals surface area contributed by atoms with Gasteiger partial charge in [-0.05, 0) is 60.9 Å². The van der Waals surface area contributed by atoms with E-state index in [4.69, 9.17) is 0 Å². The molecule has 0 heterocycles. The number of aryl methyl sites for hydroxylation is 2. The standard InChI is InChI=1S/C16H23FO/c1-11-9-13(17)10-12(2)14(11)15(18)16(3)7-5-4-6-8-16/h9-10,15,18H,4-8H2,1-3H3. The van der Waals surface area contributed by atoms with E-state index >= 15 is 0 Å². The largest absolute Gasteiger partial charge is 0.388 e. The molecule has 0 aromatic heterocycles. The molecule has 1 nitrogen and oxygen atoms in total. The van der Waals surface area contributed by atoms with Crippen molar-refractivity contribution in [3.63, 3.8) is 0 Å². The predicted octanol–water partition coefficient (Wildman–Crippen LogP) is 4.45. The van der Waals surface area contributed by atoms with Gasteiger partial charge in [0.2, 0.25) is 0 Å². The van der Waals surface area contributed by atoms with Gasteiger partial charge in [-0.1, -0.05) is 26.2 Å². The molecule has 1 aliphatic carbocycles. The van der Waals surface area contributed by atoms with E-state index in [-0.39, 0.29) is 11.2 Å². The molecular weight excluding hydrogens is 227 g/mol. The number of aliphatic hydroxyl groups excluding tert-OH is 1. The number of hydrogen-bond acceptors (Lipinski definition) is 1. The van der Waals surface area contributed by atoms with Crippen molar-refractivity contribution in [1.29, 1.82) is 0 Å². The Balaban J connectivity index is 2.36. The van der Waals surface area contributed by atoms with Crippen LogP contribution in [0.15, 0.2) is 12.1 Å². The minimum atomic E-state index is -0.474. The van der Waals surface area contributed by atoms with Crippen molar-refractivity contribution < 1.29 is 9.50 Å². The van der Waals surface area contributed by atoms with Gasteiger partial charge in [0.15, 0.2) is 0 Å². The lowest BCUT2D eigenvalue weighted by Gasteiger charge is -2.39. The highest BCUT2D eigenvalue weighted by Crippen LogP contribution is 2.46. The summed E-state index contributed by atoms with van der Waals surface area (Å²) in [4.78, 5) is 0. The smallest absolute Gasteiger partial charge is 0.123 e. The Morgan fingerprint density at radius 3 is 2.11 bits per heavy atom. The third-order valence-electron chi connectivity index (χ3n) is 4.49. The lowest BCUT2D eigenvalue weighted by molar-refractivity contribution is 0.00731. The fourth-order valence-electron chi connectivity index (χ4n) is 3.33. The first-order valence-corrected chi connectivity index (χ1v) is 6.89. The molecule has 0 spiro atoms. The number of aliphatic hydroxyl groups is 1. The van der Waals surface area contributed by atoms with Gasteiger partial charge in [0, 0.05) is 0 Å². The van der Waals surface area contributed by atoms with Crippen LogP contribution < -0.4 is 0 Å². The molecule has 0 saturated heterocycles. The Morgan fingerprint density at radius 1 is 1.11 bits per heavy atom. The van der Waals surface area contributed by atoms with Crippen molar-refractivity contribution >= 4 is 0 Å². The monoisotopic (exact) mass is 250 g/mol. The van der Waals surface area contributed by atoms with Crippen LogP contribution in [0.3, 0.4) is 0 Å². The molecule has 0 bridgehead atoms. The Labute approximate surface area is 109 Å². The quantitative estimate of drug-likeness (QED) is 0.822. The normalized spacial score (nSPS) is 20.7. The van der Waals surface area contributed by atoms with Crippen molar-refractivity contribution in [2.75, 3.05) is 0 Å². The van der Waals surface area contributed by atoms with Crippen LogP contribution >= 0.6 is 0 Å². The number of hydrogen-bond donors (Lipinski definition) is 1. The summed E-state index contributed by atoms with van der Waals surface area (Å²) in [5, 5.41) is 10.7. The van der Waals surface area contributed by atoms with Crippen molar-refractivity contribution in [1.82, 2.24) is 0 Å². The highest BCUT2D eigenvalue weighted by molar-refractivity contribution is 5.37. The summed E-state index contributed by atoms with van der Waals surface area (Å²) < 4.78 is 13.3.